The van der Waals surface area contributed by atoms with E-state index >= 15 is 0 Å². The molecule has 0 amide bonds. The number of anilines is 1. The lowest BCUT2D eigenvalue weighted by Gasteiger charge is -2.29. The molecule has 8 heteroatoms. The first-order chi connectivity index (χ1) is 13.2. The predicted octanol–water partition coefficient (Wildman–Crippen LogP) is 4.77. The lowest BCUT2D eigenvalue weighted by atomic mass is 10.1. The van der Waals surface area contributed by atoms with Crippen molar-refractivity contribution in [3.63, 3.8) is 0 Å². The van der Waals surface area contributed by atoms with E-state index in [2.05, 4.69) is 15.5 Å². The van der Waals surface area contributed by atoms with Gasteiger partial charge in [-0.25, -0.2) is 13.4 Å². The van der Waals surface area contributed by atoms with Crippen molar-refractivity contribution in [1.82, 2.24) is 9.29 Å². The van der Waals surface area contributed by atoms with Crippen molar-refractivity contribution < 1.29 is 8.42 Å². The normalized spacial score (nSPS) is 12.8. The summed E-state index contributed by atoms with van der Waals surface area (Å²) >= 11 is 5.93. The van der Waals surface area contributed by atoms with E-state index in [4.69, 9.17) is 11.6 Å². The van der Waals surface area contributed by atoms with Gasteiger partial charge in [0.15, 0.2) is 0 Å². The summed E-state index contributed by atoms with van der Waals surface area (Å²) in [5.74, 6) is 0.472. The minimum atomic E-state index is -3.60. The van der Waals surface area contributed by atoms with Gasteiger partial charge in [-0.3, -0.25) is 5.43 Å². The van der Waals surface area contributed by atoms with Crippen LogP contribution in [0.5, 0.6) is 0 Å². The van der Waals surface area contributed by atoms with E-state index in [1.54, 1.807) is 12.1 Å². The molecule has 1 N–H and O–H groups in total. The highest BCUT2D eigenvalue weighted by atomic mass is 35.5. The maximum Gasteiger partial charge on any atom is 0.245 e. The van der Waals surface area contributed by atoms with Crippen molar-refractivity contribution in [3.8, 4) is 0 Å². The smallest absolute Gasteiger partial charge is 0.245 e. The fourth-order valence-corrected chi connectivity index (χ4v) is 4.89. The Labute approximate surface area is 172 Å². The lowest BCUT2D eigenvalue weighted by molar-refractivity contribution is 0.302. The largest absolute Gasteiger partial charge is 0.261 e. The first-order valence-corrected chi connectivity index (χ1v) is 11.1. The van der Waals surface area contributed by atoms with Gasteiger partial charge >= 0.3 is 0 Å². The first kappa shape index (κ1) is 22.3. The molecule has 152 valence electrons. The Morgan fingerprint density at radius 2 is 1.71 bits per heavy atom. The van der Waals surface area contributed by atoms with Crippen molar-refractivity contribution in [1.29, 1.82) is 0 Å². The Bertz CT molecular complexity index is 900. The predicted molar refractivity (Wildman–Crippen MR) is 115 cm³/mol. The van der Waals surface area contributed by atoms with Crippen molar-refractivity contribution in [2.24, 2.45) is 5.10 Å². The van der Waals surface area contributed by atoms with E-state index in [0.29, 0.717) is 10.8 Å². The van der Waals surface area contributed by atoms with Gasteiger partial charge in [-0.15, -0.1) is 0 Å². The van der Waals surface area contributed by atoms with Crippen LogP contribution in [0.3, 0.4) is 0 Å². The minimum Gasteiger partial charge on any atom is -0.261 e. The second kappa shape index (κ2) is 9.49. The Morgan fingerprint density at radius 1 is 1.11 bits per heavy atom. The number of hydrogen-bond donors (Lipinski definition) is 1. The molecule has 0 bridgehead atoms. The second-order valence-electron chi connectivity index (χ2n) is 6.93. The van der Waals surface area contributed by atoms with Crippen LogP contribution < -0.4 is 5.43 Å². The number of aromatic nitrogens is 1. The van der Waals surface area contributed by atoms with Gasteiger partial charge in [-0.05, 0) is 63.9 Å². The van der Waals surface area contributed by atoms with Crippen molar-refractivity contribution >= 4 is 33.2 Å². The summed E-state index contributed by atoms with van der Waals surface area (Å²) in [6.07, 6.45) is 2.08. The Morgan fingerprint density at radius 3 is 2.18 bits per heavy atom. The van der Waals surface area contributed by atoms with Gasteiger partial charge in [-0.2, -0.15) is 9.41 Å². The third kappa shape index (κ3) is 5.31. The van der Waals surface area contributed by atoms with Crippen LogP contribution in [0.25, 0.3) is 0 Å². The molecule has 0 saturated carbocycles. The number of halogens is 1. The van der Waals surface area contributed by atoms with E-state index < -0.39 is 10.0 Å². The van der Waals surface area contributed by atoms with Crippen molar-refractivity contribution in [3.05, 3.63) is 53.2 Å². The fraction of sp³-hybridized carbons (Fsp3) is 0.400. The third-order valence-corrected chi connectivity index (χ3v) is 6.63. The van der Waals surface area contributed by atoms with Crippen LogP contribution in [-0.4, -0.2) is 35.5 Å². The highest BCUT2D eigenvalue weighted by Gasteiger charge is 2.29. The molecule has 1 aromatic heterocycles. The zero-order valence-electron chi connectivity index (χ0n) is 16.8. The fourth-order valence-electron chi connectivity index (χ4n) is 2.99. The molecule has 6 nitrogen and oxygen atoms in total. The van der Waals surface area contributed by atoms with E-state index in [9.17, 15) is 8.42 Å². The number of hydrazone groups is 1. The summed E-state index contributed by atoms with van der Waals surface area (Å²) in [4.78, 5) is 4.38. The van der Waals surface area contributed by atoms with Gasteiger partial charge < -0.3 is 0 Å². The number of hydrogen-bond acceptors (Lipinski definition) is 5. The Kier molecular flexibility index (Phi) is 7.57. The molecule has 28 heavy (non-hydrogen) atoms. The summed E-state index contributed by atoms with van der Waals surface area (Å²) in [5.41, 5.74) is 4.71. The summed E-state index contributed by atoms with van der Waals surface area (Å²) in [7, 11) is -3.60. The van der Waals surface area contributed by atoms with Gasteiger partial charge in [-0.1, -0.05) is 30.7 Å². The monoisotopic (exact) mass is 422 g/mol. The van der Waals surface area contributed by atoms with Crippen LogP contribution >= 0.6 is 11.6 Å². The molecular formula is C20H27ClN4O2S. The molecule has 0 spiro atoms. The molecule has 0 unspecified atom stereocenters. The second-order valence-corrected chi connectivity index (χ2v) is 9.21. The zero-order valence-corrected chi connectivity index (χ0v) is 18.4. The number of rotatable bonds is 8. The van der Waals surface area contributed by atoms with E-state index in [-0.39, 0.29) is 17.0 Å². The number of nitrogens with zero attached hydrogens (tertiary/aromatic N) is 3. The lowest BCUT2D eigenvalue weighted by Crippen LogP contribution is -2.41. The SMILES string of the molecule is CC/C(=N/Nc1ccc(S(=O)(=O)N(C(C)C)C(C)C)cn1)c1ccc(Cl)cc1. The quantitative estimate of drug-likeness (QED) is 0.491. The van der Waals surface area contributed by atoms with E-state index in [0.717, 1.165) is 17.7 Å². The molecule has 0 atom stereocenters. The average Bonchev–Trinajstić information content (AvgIpc) is 2.63. The molecule has 1 aromatic carbocycles. The maximum atomic E-state index is 12.9. The third-order valence-electron chi connectivity index (χ3n) is 4.15. The summed E-state index contributed by atoms with van der Waals surface area (Å²) in [5, 5.41) is 5.07. The van der Waals surface area contributed by atoms with Gasteiger partial charge in [0.25, 0.3) is 0 Å². The molecule has 1 heterocycles. The number of benzene rings is 1. The Balaban J connectivity index is 2.21. The van der Waals surface area contributed by atoms with Crippen LogP contribution in [0.4, 0.5) is 5.82 Å². The average molecular weight is 423 g/mol. The maximum absolute atomic E-state index is 12.9. The molecule has 0 fully saturated rings. The van der Waals surface area contributed by atoms with Gasteiger partial charge in [0.1, 0.15) is 10.7 Å². The molecule has 2 aromatic rings. The molecule has 0 aliphatic heterocycles. The minimum absolute atomic E-state index is 0.140. The van der Waals surface area contributed by atoms with Crippen LogP contribution in [0.15, 0.2) is 52.6 Å². The van der Waals surface area contributed by atoms with Crippen LogP contribution in [0, 0.1) is 0 Å². The molecule has 0 saturated heterocycles. The highest BCUT2D eigenvalue weighted by molar-refractivity contribution is 7.89. The summed E-state index contributed by atoms with van der Waals surface area (Å²) in [6, 6.07) is 10.3. The standard InChI is InChI=1S/C20H27ClN4O2S/c1-6-19(16-7-9-17(21)10-8-16)23-24-20-12-11-18(13-22-20)28(26,27)25(14(2)3)15(4)5/h7-15H,6H2,1-5H3,(H,22,24)/b23-19-. The first-order valence-electron chi connectivity index (χ1n) is 9.25. The Hall–Kier alpha value is -1.96. The van der Waals surface area contributed by atoms with E-state index in [1.165, 1.54) is 10.5 Å². The molecule has 0 aliphatic carbocycles. The topological polar surface area (TPSA) is 74.7 Å². The van der Waals surface area contributed by atoms with Gasteiger partial charge in [0.05, 0.1) is 5.71 Å². The molecular weight excluding hydrogens is 396 g/mol. The van der Waals surface area contributed by atoms with Crippen LogP contribution in [0.1, 0.15) is 46.6 Å². The van der Waals surface area contributed by atoms with E-state index in [1.807, 2.05) is 58.9 Å². The van der Waals surface area contributed by atoms with Crippen LogP contribution in [0.2, 0.25) is 5.02 Å². The van der Waals surface area contributed by atoms with Crippen molar-refractivity contribution in [2.75, 3.05) is 5.43 Å². The van der Waals surface area contributed by atoms with Crippen LogP contribution in [-0.2, 0) is 10.0 Å². The number of nitrogens with one attached hydrogen (secondary N) is 1. The molecule has 2 rings (SSSR count). The van der Waals surface area contributed by atoms with Gasteiger partial charge in [0.2, 0.25) is 10.0 Å². The summed E-state index contributed by atoms with van der Waals surface area (Å²) in [6.45, 7) is 9.44. The number of pyridine rings is 1. The highest BCUT2D eigenvalue weighted by Crippen LogP contribution is 2.21. The number of sulfonamides is 1. The van der Waals surface area contributed by atoms with Gasteiger partial charge in [0, 0.05) is 23.3 Å². The molecule has 0 aliphatic rings. The zero-order chi connectivity index (χ0) is 20.9. The van der Waals surface area contributed by atoms with Crippen molar-refractivity contribution in [2.45, 2.75) is 58.0 Å². The summed E-state index contributed by atoms with van der Waals surface area (Å²) < 4.78 is 27.2. The molecule has 0 radical (unpaired) electrons.